The standard InChI is InChI=1S/C20H18/c1-13(2)12-15-11-10-14-6-5-9-18-16-7-3-4-8-17(16)20(15)19(14)18/h3-11,13H,12H2,1-2H3. The molecule has 0 aromatic heterocycles. The van der Waals surface area contributed by atoms with Gasteiger partial charge in [0.15, 0.2) is 0 Å². The zero-order valence-corrected chi connectivity index (χ0v) is 12.0. The van der Waals surface area contributed by atoms with Gasteiger partial charge in [-0.05, 0) is 50.9 Å². The number of rotatable bonds is 2. The molecule has 0 nitrogen and oxygen atoms in total. The lowest BCUT2D eigenvalue weighted by atomic mass is 9.92. The van der Waals surface area contributed by atoms with Gasteiger partial charge in [-0.3, -0.25) is 0 Å². The number of fused-ring (bicyclic) bond motifs is 3. The smallest absolute Gasteiger partial charge is 0.00236 e. The molecule has 0 N–H and O–H groups in total. The zero-order valence-electron chi connectivity index (χ0n) is 12.0. The van der Waals surface area contributed by atoms with Crippen LogP contribution in [0.4, 0.5) is 0 Å². The molecule has 0 amide bonds. The van der Waals surface area contributed by atoms with Gasteiger partial charge >= 0.3 is 0 Å². The van der Waals surface area contributed by atoms with E-state index in [0.717, 1.165) is 6.42 Å². The molecule has 20 heavy (non-hydrogen) atoms. The van der Waals surface area contributed by atoms with Crippen LogP contribution in [0.25, 0.3) is 33.0 Å². The molecule has 3 aromatic rings. The molecule has 0 saturated heterocycles. The summed E-state index contributed by atoms with van der Waals surface area (Å²) in [5.74, 6) is 0.684. The van der Waals surface area contributed by atoms with Crippen molar-refractivity contribution in [2.45, 2.75) is 20.3 Å². The van der Waals surface area contributed by atoms with Gasteiger partial charge in [-0.2, -0.15) is 0 Å². The lowest BCUT2D eigenvalue weighted by molar-refractivity contribution is 0.648. The first kappa shape index (κ1) is 11.7. The summed E-state index contributed by atoms with van der Waals surface area (Å²) < 4.78 is 0. The van der Waals surface area contributed by atoms with Crippen LogP contribution >= 0.6 is 0 Å². The van der Waals surface area contributed by atoms with Crippen LogP contribution in [0.5, 0.6) is 0 Å². The van der Waals surface area contributed by atoms with Gasteiger partial charge < -0.3 is 0 Å². The summed E-state index contributed by atoms with van der Waals surface area (Å²) >= 11 is 0. The topological polar surface area (TPSA) is 0 Å². The van der Waals surface area contributed by atoms with Gasteiger partial charge in [0.1, 0.15) is 0 Å². The van der Waals surface area contributed by atoms with Crippen LogP contribution in [0, 0.1) is 5.92 Å². The third-order valence-electron chi connectivity index (χ3n) is 4.25. The van der Waals surface area contributed by atoms with E-state index in [-0.39, 0.29) is 0 Å². The molecule has 0 unspecified atom stereocenters. The van der Waals surface area contributed by atoms with Gasteiger partial charge in [0.05, 0.1) is 0 Å². The third-order valence-corrected chi connectivity index (χ3v) is 4.25. The molecule has 0 spiro atoms. The van der Waals surface area contributed by atoms with Gasteiger partial charge in [-0.25, -0.2) is 0 Å². The summed E-state index contributed by atoms with van der Waals surface area (Å²) in [6, 6.07) is 20.1. The highest BCUT2D eigenvalue weighted by Crippen LogP contribution is 2.48. The predicted octanol–water partition coefficient (Wildman–Crippen LogP) is 5.69. The van der Waals surface area contributed by atoms with E-state index >= 15 is 0 Å². The van der Waals surface area contributed by atoms with E-state index in [2.05, 4.69) is 68.4 Å². The van der Waals surface area contributed by atoms with E-state index in [1.807, 2.05) is 0 Å². The van der Waals surface area contributed by atoms with Crippen LogP contribution in [0.1, 0.15) is 19.4 Å². The van der Waals surface area contributed by atoms with Crippen LogP contribution in [0.2, 0.25) is 0 Å². The van der Waals surface area contributed by atoms with Gasteiger partial charge in [0, 0.05) is 0 Å². The Hall–Kier alpha value is -2.08. The average molecular weight is 258 g/mol. The summed E-state index contributed by atoms with van der Waals surface area (Å²) in [6.07, 6.45) is 1.15. The van der Waals surface area contributed by atoms with E-state index in [1.54, 1.807) is 0 Å². The normalized spacial score (nSPS) is 12.2. The monoisotopic (exact) mass is 258 g/mol. The molecule has 0 saturated carbocycles. The van der Waals surface area contributed by atoms with E-state index in [9.17, 15) is 0 Å². The van der Waals surface area contributed by atoms with Crippen molar-refractivity contribution in [1.29, 1.82) is 0 Å². The second-order valence-corrected chi connectivity index (χ2v) is 6.15. The van der Waals surface area contributed by atoms with Crippen molar-refractivity contribution in [2.75, 3.05) is 0 Å². The largest absolute Gasteiger partial charge is 0.0625 e. The summed E-state index contributed by atoms with van der Waals surface area (Å²) in [4.78, 5) is 0. The number of benzene rings is 3. The highest BCUT2D eigenvalue weighted by atomic mass is 14.3. The van der Waals surface area contributed by atoms with Crippen molar-refractivity contribution in [3.8, 4) is 22.3 Å². The Morgan fingerprint density at radius 1 is 0.750 bits per heavy atom. The molecular formula is C20H18. The maximum Gasteiger partial charge on any atom is -0.00236 e. The van der Waals surface area contributed by atoms with Crippen LogP contribution < -0.4 is 0 Å². The van der Waals surface area contributed by atoms with Crippen LogP contribution in [0.15, 0.2) is 54.6 Å². The van der Waals surface area contributed by atoms with E-state index in [4.69, 9.17) is 0 Å². The Morgan fingerprint density at radius 2 is 1.50 bits per heavy atom. The fourth-order valence-corrected chi connectivity index (χ4v) is 3.50. The molecule has 0 fully saturated rings. The Morgan fingerprint density at radius 3 is 2.30 bits per heavy atom. The zero-order chi connectivity index (χ0) is 13.7. The van der Waals surface area contributed by atoms with Crippen molar-refractivity contribution >= 4 is 10.8 Å². The Labute approximate surface area is 120 Å². The second kappa shape index (κ2) is 4.21. The maximum absolute atomic E-state index is 2.32. The first-order valence-electron chi connectivity index (χ1n) is 7.40. The first-order valence-corrected chi connectivity index (χ1v) is 7.40. The highest BCUT2D eigenvalue weighted by Gasteiger charge is 2.23. The molecule has 3 aromatic carbocycles. The molecular weight excluding hydrogens is 240 g/mol. The Balaban J connectivity index is 2.12. The summed E-state index contributed by atoms with van der Waals surface area (Å²) in [5.41, 5.74) is 7.17. The number of hydrogen-bond acceptors (Lipinski definition) is 0. The molecule has 0 heteroatoms. The average Bonchev–Trinajstić information content (AvgIpc) is 2.79. The molecule has 1 aliphatic rings. The van der Waals surface area contributed by atoms with Crippen molar-refractivity contribution in [3.05, 3.63) is 60.2 Å². The van der Waals surface area contributed by atoms with Gasteiger partial charge in [0.2, 0.25) is 0 Å². The van der Waals surface area contributed by atoms with Gasteiger partial charge in [-0.15, -0.1) is 0 Å². The minimum Gasteiger partial charge on any atom is -0.0625 e. The SMILES string of the molecule is CC(C)Cc1ccc2cccc3c2c1-c1ccccc1-3. The molecule has 0 aliphatic heterocycles. The van der Waals surface area contributed by atoms with Crippen molar-refractivity contribution < 1.29 is 0 Å². The maximum atomic E-state index is 2.32. The molecule has 0 radical (unpaired) electrons. The fourth-order valence-electron chi connectivity index (χ4n) is 3.50. The molecule has 0 heterocycles. The Bertz CT molecular complexity index is 809. The van der Waals surface area contributed by atoms with Crippen molar-refractivity contribution in [2.24, 2.45) is 5.92 Å². The van der Waals surface area contributed by atoms with E-state index in [1.165, 1.54) is 38.6 Å². The van der Waals surface area contributed by atoms with Crippen LogP contribution in [0.3, 0.4) is 0 Å². The van der Waals surface area contributed by atoms with Crippen LogP contribution in [-0.2, 0) is 6.42 Å². The predicted molar refractivity (Wildman–Crippen MR) is 86.9 cm³/mol. The summed E-state index contributed by atoms with van der Waals surface area (Å²) in [7, 11) is 0. The van der Waals surface area contributed by atoms with Crippen LogP contribution in [-0.4, -0.2) is 0 Å². The molecule has 0 atom stereocenters. The first-order chi connectivity index (χ1) is 9.75. The fraction of sp³-hybridized carbons (Fsp3) is 0.200. The molecule has 1 aliphatic carbocycles. The number of hydrogen-bond donors (Lipinski definition) is 0. The van der Waals surface area contributed by atoms with Crippen molar-refractivity contribution in [1.82, 2.24) is 0 Å². The Kier molecular flexibility index (Phi) is 2.47. The third kappa shape index (κ3) is 1.54. The molecule has 4 rings (SSSR count). The van der Waals surface area contributed by atoms with Crippen molar-refractivity contribution in [3.63, 3.8) is 0 Å². The summed E-state index contributed by atoms with van der Waals surface area (Å²) in [6.45, 7) is 4.59. The van der Waals surface area contributed by atoms with Gasteiger partial charge in [0.25, 0.3) is 0 Å². The van der Waals surface area contributed by atoms with E-state index < -0.39 is 0 Å². The highest BCUT2D eigenvalue weighted by molar-refractivity contribution is 6.16. The quantitative estimate of drug-likeness (QED) is 0.433. The second-order valence-electron chi connectivity index (χ2n) is 6.15. The van der Waals surface area contributed by atoms with E-state index in [0.29, 0.717) is 5.92 Å². The lowest BCUT2D eigenvalue weighted by Gasteiger charge is -2.12. The van der Waals surface area contributed by atoms with Gasteiger partial charge in [-0.1, -0.05) is 68.4 Å². The minimum absolute atomic E-state index is 0.684. The molecule has 0 bridgehead atoms. The molecule has 98 valence electrons. The minimum atomic E-state index is 0.684. The summed E-state index contributed by atoms with van der Waals surface area (Å²) in [5, 5.41) is 2.81. The lowest BCUT2D eigenvalue weighted by Crippen LogP contribution is -1.96.